The van der Waals surface area contributed by atoms with Crippen LogP contribution in [-0.4, -0.2) is 55.7 Å². The Morgan fingerprint density at radius 1 is 1.86 bits per heavy atom. The number of rotatable bonds is 3. The molecule has 0 saturated heterocycles. The molecule has 1 nitrogen and oxygen atoms in total. The minimum atomic E-state index is 0.434. The van der Waals surface area contributed by atoms with Crippen molar-refractivity contribution >= 4 is 55.7 Å². The maximum atomic E-state index is 10.5. The average Bonchev–Trinajstić information content (AvgIpc) is 1.68. The molecule has 0 aromatic rings. The summed E-state index contributed by atoms with van der Waals surface area (Å²) in [5, 5.41) is 0. The monoisotopic (exact) mass is 190 g/mol. The standard InChI is InChI=1S/C4H8OSe.K/c1-2-3-4(5)6;/h2-3H2,1H3,(H,5,6);/q;+1/p-1. The molecule has 7 heavy (non-hydrogen) atoms. The van der Waals surface area contributed by atoms with Crippen LogP contribution in [0.4, 0.5) is 0 Å². The zero-order chi connectivity index (χ0) is 5.70. The Balaban J connectivity index is 3.00. The predicted molar refractivity (Wildman–Crippen MR) is 31.4 cm³/mol. The molecule has 0 atom stereocenters. The van der Waals surface area contributed by atoms with Crippen LogP contribution in [0.3, 0.4) is 0 Å². The van der Waals surface area contributed by atoms with Crippen molar-refractivity contribution in [1.29, 1.82) is 0 Å². The summed E-state index contributed by atoms with van der Waals surface area (Å²) < 4.78 is 0.523. The minimum absolute atomic E-state index is 0.434. The molecule has 0 heterocycles. The topological polar surface area (TPSA) is 17.1 Å². The van der Waals surface area contributed by atoms with Crippen molar-refractivity contribution in [3.63, 3.8) is 0 Å². The van der Waals surface area contributed by atoms with E-state index in [4.69, 9.17) is 0 Å². The molecule has 0 bridgehead atoms. The summed E-state index contributed by atoms with van der Waals surface area (Å²) in [4.78, 5) is 10.5. The zero-order valence-corrected chi connectivity index (χ0v) is 9.57. The number of carbonyl (C=O) groups is 1. The van der Waals surface area contributed by atoms with Crippen molar-refractivity contribution in [2.45, 2.75) is 19.8 Å². The third kappa shape index (κ3) is 5.70. The van der Waals surface area contributed by atoms with Crippen molar-refractivity contribution in [1.82, 2.24) is 0 Å². The predicted octanol–water partition coefficient (Wildman–Crippen LogP) is 0.101. The summed E-state index contributed by atoms with van der Waals surface area (Å²) >= 11 is 0.798. The maximum absolute atomic E-state index is 10.5. The van der Waals surface area contributed by atoms with Gasteiger partial charge in [-0.05, 0) is 0 Å². The van der Waals surface area contributed by atoms with Crippen molar-refractivity contribution < 1.29 is 4.79 Å². The van der Waals surface area contributed by atoms with Crippen LogP contribution in [0, 0.1) is 0 Å². The Kier molecular flexibility index (Phi) is 7.51. The van der Waals surface area contributed by atoms with Crippen LogP contribution in [0.2, 0.25) is 0 Å². The molecular formula is C4H7KOSe. The number of carbonyl (C=O) groups excluding carboxylic acids is 1. The van der Waals surface area contributed by atoms with Gasteiger partial charge in [-0.25, -0.2) is 0 Å². The fraction of sp³-hybridized carbons (Fsp3) is 0.750. The SMILES string of the molecule is CCCC(=O)[Se][K]. The summed E-state index contributed by atoms with van der Waals surface area (Å²) in [6.45, 7) is 2.05. The molecule has 0 amide bonds. The molecule has 0 spiro atoms. The molecule has 0 unspecified atom stereocenters. The Morgan fingerprint density at radius 3 is 2.57 bits per heavy atom. The van der Waals surface area contributed by atoms with Crippen LogP contribution in [0.15, 0.2) is 0 Å². The van der Waals surface area contributed by atoms with Crippen molar-refractivity contribution in [3.8, 4) is 0 Å². The van der Waals surface area contributed by atoms with Gasteiger partial charge in [-0.1, -0.05) is 0 Å². The van der Waals surface area contributed by atoms with Gasteiger partial charge in [0.15, 0.2) is 0 Å². The molecule has 0 saturated carbocycles. The molecular weight excluding hydrogens is 182 g/mol. The van der Waals surface area contributed by atoms with E-state index in [9.17, 15) is 4.79 Å². The molecule has 0 rings (SSSR count). The van der Waals surface area contributed by atoms with E-state index in [1.54, 1.807) is 0 Å². The second-order valence-electron chi connectivity index (χ2n) is 1.33. The van der Waals surface area contributed by atoms with Gasteiger partial charge >= 0.3 is 80.2 Å². The summed E-state index contributed by atoms with van der Waals surface area (Å²) in [7, 11) is 0. The summed E-state index contributed by atoms with van der Waals surface area (Å²) in [5.41, 5.74) is 0.434. The third-order valence-corrected chi connectivity index (χ3v) is 5.76. The van der Waals surface area contributed by atoms with E-state index in [1.807, 2.05) is 0 Å². The van der Waals surface area contributed by atoms with Crippen LogP contribution in [-0.2, 0) is 4.79 Å². The van der Waals surface area contributed by atoms with Crippen molar-refractivity contribution in [2.75, 3.05) is 0 Å². The van der Waals surface area contributed by atoms with Gasteiger partial charge < -0.3 is 0 Å². The first-order valence-corrected chi connectivity index (χ1v) is 11.6. The van der Waals surface area contributed by atoms with E-state index in [0.29, 0.717) is 10.3 Å². The number of hydrogen-bond acceptors (Lipinski definition) is 1. The first kappa shape index (κ1) is 8.83. The van der Waals surface area contributed by atoms with E-state index in [2.05, 4.69) is 6.92 Å². The quantitative estimate of drug-likeness (QED) is 0.575. The molecule has 0 radical (unpaired) electrons. The summed E-state index contributed by atoms with van der Waals surface area (Å²) in [6, 6.07) is 0. The van der Waals surface area contributed by atoms with Crippen LogP contribution in [0.1, 0.15) is 19.8 Å². The van der Waals surface area contributed by atoms with Crippen molar-refractivity contribution in [3.05, 3.63) is 0 Å². The van der Waals surface area contributed by atoms with Crippen LogP contribution >= 0.6 is 0 Å². The average molecular weight is 189 g/mol. The third-order valence-electron chi connectivity index (χ3n) is 0.682. The van der Waals surface area contributed by atoms with Crippen LogP contribution < -0.4 is 0 Å². The van der Waals surface area contributed by atoms with Gasteiger partial charge in [-0.15, -0.1) is 0 Å². The van der Waals surface area contributed by atoms with Crippen LogP contribution in [0.5, 0.6) is 0 Å². The first-order valence-electron chi connectivity index (χ1n) is 2.38. The fourth-order valence-corrected chi connectivity index (χ4v) is 2.82. The van der Waals surface area contributed by atoms with Gasteiger partial charge in [0.05, 0.1) is 0 Å². The Labute approximate surface area is 78.4 Å². The Hall–Kier alpha value is 1.83. The van der Waals surface area contributed by atoms with Gasteiger partial charge in [0.1, 0.15) is 0 Å². The molecule has 0 N–H and O–H groups in total. The van der Waals surface area contributed by atoms with Crippen LogP contribution in [0.25, 0.3) is 0 Å². The first-order chi connectivity index (χ1) is 3.31. The molecule has 0 fully saturated rings. The normalized spacial score (nSPS) is 9.00. The van der Waals surface area contributed by atoms with Gasteiger partial charge in [-0.2, -0.15) is 0 Å². The molecule has 36 valence electrons. The molecule has 0 aliphatic carbocycles. The van der Waals surface area contributed by atoms with Gasteiger partial charge in [-0.3, -0.25) is 0 Å². The van der Waals surface area contributed by atoms with Crippen molar-refractivity contribution in [2.24, 2.45) is 0 Å². The van der Waals surface area contributed by atoms with Gasteiger partial charge in [0, 0.05) is 0 Å². The van der Waals surface area contributed by atoms with Gasteiger partial charge in [0.2, 0.25) is 0 Å². The molecule has 0 aliphatic rings. The summed E-state index contributed by atoms with van der Waals surface area (Å²) in [6.07, 6.45) is 1.87. The van der Waals surface area contributed by atoms with E-state index in [1.165, 1.54) is 0 Å². The van der Waals surface area contributed by atoms with Gasteiger partial charge in [0.25, 0.3) is 0 Å². The Morgan fingerprint density at radius 2 is 2.43 bits per heavy atom. The Bertz CT molecular complexity index is 64.7. The summed E-state index contributed by atoms with van der Waals surface area (Å²) in [5.74, 6) is 0. The van der Waals surface area contributed by atoms with E-state index < -0.39 is 0 Å². The van der Waals surface area contributed by atoms with E-state index in [-0.39, 0.29) is 0 Å². The molecule has 0 aliphatic heterocycles. The molecule has 3 heteroatoms. The molecule has 0 aromatic heterocycles. The van der Waals surface area contributed by atoms with E-state index in [0.717, 1.165) is 58.2 Å². The molecule has 0 aromatic carbocycles. The fourth-order valence-electron chi connectivity index (χ4n) is 0.306. The zero-order valence-electron chi connectivity index (χ0n) is 4.73. The number of hydrogen-bond donors (Lipinski definition) is 0. The second kappa shape index (κ2) is 5.95. The second-order valence-corrected chi connectivity index (χ2v) is 6.45. The van der Waals surface area contributed by atoms with E-state index >= 15 is 0 Å².